The highest BCUT2D eigenvalue weighted by Gasteiger charge is 2.20. The number of Topliss-reactive ketones (excluding diaryl/α,β-unsaturated/α-hetero) is 1. The van der Waals surface area contributed by atoms with Crippen molar-refractivity contribution in [3.63, 3.8) is 0 Å². The maximum absolute atomic E-state index is 12.7. The number of nitrogens with zero attached hydrogens (tertiary/aromatic N) is 1. The number of ether oxygens (including phenoxy) is 4. The number of aromatic nitrogens is 1. The number of benzene rings is 2. The lowest BCUT2D eigenvalue weighted by atomic mass is 10.1. The zero-order valence-corrected chi connectivity index (χ0v) is 16.9. The first kappa shape index (κ1) is 19.6. The SMILES string of the molecule is COc1cccc(C(=O)OCC(=O)c2cc(C)n(-c3ccc4c(c3)OCO4)c2C)c1. The van der Waals surface area contributed by atoms with Crippen molar-refractivity contribution in [2.75, 3.05) is 20.5 Å². The van der Waals surface area contributed by atoms with Crippen LogP contribution in [0.5, 0.6) is 17.2 Å². The first-order valence-corrected chi connectivity index (χ1v) is 9.41. The van der Waals surface area contributed by atoms with Crippen LogP contribution in [0.3, 0.4) is 0 Å². The third-order valence-corrected chi connectivity index (χ3v) is 4.99. The van der Waals surface area contributed by atoms with Gasteiger partial charge in [0.15, 0.2) is 18.1 Å². The smallest absolute Gasteiger partial charge is 0.338 e. The van der Waals surface area contributed by atoms with Crippen LogP contribution < -0.4 is 14.2 Å². The molecule has 0 bridgehead atoms. The van der Waals surface area contributed by atoms with E-state index in [1.807, 2.05) is 36.6 Å². The van der Waals surface area contributed by atoms with E-state index in [1.54, 1.807) is 30.3 Å². The summed E-state index contributed by atoms with van der Waals surface area (Å²) in [6.45, 7) is 3.62. The van der Waals surface area contributed by atoms with Gasteiger partial charge in [0.1, 0.15) is 5.75 Å². The van der Waals surface area contributed by atoms with Crippen molar-refractivity contribution in [3.8, 4) is 22.9 Å². The summed E-state index contributed by atoms with van der Waals surface area (Å²) in [5, 5.41) is 0. The van der Waals surface area contributed by atoms with E-state index in [1.165, 1.54) is 7.11 Å². The molecule has 3 aromatic rings. The number of fused-ring (bicyclic) bond motifs is 1. The van der Waals surface area contributed by atoms with Crippen LogP contribution in [-0.2, 0) is 4.74 Å². The number of carbonyl (C=O) groups excluding carboxylic acids is 2. The van der Waals surface area contributed by atoms with E-state index in [0.717, 1.165) is 17.1 Å². The Labute approximate surface area is 173 Å². The third-order valence-electron chi connectivity index (χ3n) is 4.99. The maximum Gasteiger partial charge on any atom is 0.338 e. The van der Waals surface area contributed by atoms with Crippen molar-refractivity contribution < 1.29 is 28.5 Å². The first-order valence-electron chi connectivity index (χ1n) is 9.41. The van der Waals surface area contributed by atoms with Gasteiger partial charge in [-0.1, -0.05) is 6.07 Å². The molecule has 154 valence electrons. The van der Waals surface area contributed by atoms with Crippen molar-refractivity contribution >= 4 is 11.8 Å². The Kier molecular flexibility index (Phi) is 5.18. The van der Waals surface area contributed by atoms with Crippen LogP contribution >= 0.6 is 0 Å². The normalized spacial score (nSPS) is 12.0. The van der Waals surface area contributed by atoms with Gasteiger partial charge in [-0.3, -0.25) is 4.79 Å². The minimum Gasteiger partial charge on any atom is -0.497 e. The minimum absolute atomic E-state index is 0.199. The second-order valence-electron chi connectivity index (χ2n) is 6.89. The predicted molar refractivity (Wildman–Crippen MR) is 109 cm³/mol. The number of methoxy groups -OCH3 is 1. The van der Waals surface area contributed by atoms with E-state index in [0.29, 0.717) is 28.4 Å². The second-order valence-corrected chi connectivity index (χ2v) is 6.89. The summed E-state index contributed by atoms with van der Waals surface area (Å²) in [7, 11) is 1.52. The van der Waals surface area contributed by atoms with Gasteiger partial charge in [-0.05, 0) is 50.2 Å². The highest BCUT2D eigenvalue weighted by atomic mass is 16.7. The van der Waals surface area contributed by atoms with E-state index < -0.39 is 5.97 Å². The number of hydrogen-bond donors (Lipinski definition) is 0. The van der Waals surface area contributed by atoms with Crippen molar-refractivity contribution in [3.05, 3.63) is 71.0 Å². The van der Waals surface area contributed by atoms with Gasteiger partial charge in [-0.2, -0.15) is 0 Å². The molecule has 0 radical (unpaired) electrons. The second kappa shape index (κ2) is 7.94. The summed E-state index contributed by atoms with van der Waals surface area (Å²) in [5.74, 6) is 1.06. The zero-order chi connectivity index (χ0) is 21.3. The Bertz CT molecular complexity index is 1130. The van der Waals surface area contributed by atoms with Crippen LogP contribution in [0.25, 0.3) is 5.69 Å². The highest BCUT2D eigenvalue weighted by Crippen LogP contribution is 2.35. The molecule has 0 aliphatic carbocycles. The van der Waals surface area contributed by atoms with E-state index in [2.05, 4.69) is 0 Å². The molecule has 1 aliphatic rings. The van der Waals surface area contributed by atoms with Crippen LogP contribution in [-0.4, -0.2) is 36.8 Å². The molecule has 1 aromatic heterocycles. The number of rotatable bonds is 6. The predicted octanol–water partition coefficient (Wildman–Crippen LogP) is 3.87. The van der Waals surface area contributed by atoms with Crippen molar-refractivity contribution in [2.24, 2.45) is 0 Å². The lowest BCUT2D eigenvalue weighted by Crippen LogP contribution is -2.15. The molecule has 30 heavy (non-hydrogen) atoms. The molecule has 0 unspecified atom stereocenters. The molecule has 2 heterocycles. The van der Waals surface area contributed by atoms with Crippen molar-refractivity contribution in [1.29, 1.82) is 0 Å². The van der Waals surface area contributed by atoms with E-state index in [-0.39, 0.29) is 19.2 Å². The van der Waals surface area contributed by atoms with Gasteiger partial charge >= 0.3 is 5.97 Å². The Hall–Kier alpha value is -3.74. The number of hydrogen-bond acceptors (Lipinski definition) is 6. The minimum atomic E-state index is -0.577. The molecule has 1 aliphatic heterocycles. The standard InChI is InChI=1S/C23H21NO6/c1-14-9-19(15(2)24(14)17-7-8-21-22(11-17)30-13-29-21)20(25)12-28-23(26)16-5-4-6-18(10-16)27-3/h4-11H,12-13H2,1-3H3. The van der Waals surface area contributed by atoms with Crippen LogP contribution in [0.1, 0.15) is 32.1 Å². The Morgan fingerprint density at radius 2 is 1.83 bits per heavy atom. The molecule has 0 saturated carbocycles. The van der Waals surface area contributed by atoms with Crippen LogP contribution in [0.2, 0.25) is 0 Å². The Morgan fingerprint density at radius 3 is 2.63 bits per heavy atom. The van der Waals surface area contributed by atoms with E-state index in [4.69, 9.17) is 18.9 Å². The lowest BCUT2D eigenvalue weighted by molar-refractivity contribution is 0.0474. The molecule has 0 spiro atoms. The topological polar surface area (TPSA) is 76.0 Å². The maximum atomic E-state index is 12.7. The summed E-state index contributed by atoms with van der Waals surface area (Å²) in [6.07, 6.45) is 0. The Balaban J connectivity index is 1.51. The summed E-state index contributed by atoms with van der Waals surface area (Å²) in [5.41, 5.74) is 3.33. The van der Waals surface area contributed by atoms with Gasteiger partial charge in [0.05, 0.1) is 12.7 Å². The lowest BCUT2D eigenvalue weighted by Gasteiger charge is -2.11. The molecule has 0 amide bonds. The molecular formula is C23H21NO6. The van der Waals surface area contributed by atoms with E-state index in [9.17, 15) is 9.59 Å². The van der Waals surface area contributed by atoms with Crippen LogP contribution in [0, 0.1) is 13.8 Å². The van der Waals surface area contributed by atoms with E-state index >= 15 is 0 Å². The molecule has 2 aromatic carbocycles. The average Bonchev–Trinajstić information content (AvgIpc) is 3.34. The molecule has 4 rings (SSSR count). The molecule has 0 N–H and O–H groups in total. The largest absolute Gasteiger partial charge is 0.497 e. The first-order chi connectivity index (χ1) is 14.5. The summed E-state index contributed by atoms with van der Waals surface area (Å²) in [6, 6.07) is 14.0. The van der Waals surface area contributed by atoms with Gasteiger partial charge < -0.3 is 23.5 Å². The van der Waals surface area contributed by atoms with Gasteiger partial charge in [0.25, 0.3) is 0 Å². The third kappa shape index (κ3) is 3.61. The van der Waals surface area contributed by atoms with Crippen LogP contribution in [0.4, 0.5) is 0 Å². The molecule has 0 saturated heterocycles. The average molecular weight is 407 g/mol. The van der Waals surface area contributed by atoms with Crippen molar-refractivity contribution in [2.45, 2.75) is 13.8 Å². The molecular weight excluding hydrogens is 386 g/mol. The zero-order valence-electron chi connectivity index (χ0n) is 16.9. The fourth-order valence-corrected chi connectivity index (χ4v) is 3.51. The molecule has 7 heteroatoms. The highest BCUT2D eigenvalue weighted by molar-refractivity contribution is 6.00. The summed E-state index contributed by atoms with van der Waals surface area (Å²) >= 11 is 0. The number of aryl methyl sites for hydroxylation is 1. The monoisotopic (exact) mass is 407 g/mol. The number of ketones is 1. The van der Waals surface area contributed by atoms with Gasteiger partial charge in [-0.15, -0.1) is 0 Å². The Morgan fingerprint density at radius 1 is 1.03 bits per heavy atom. The molecule has 0 atom stereocenters. The van der Waals surface area contributed by atoms with Gasteiger partial charge in [-0.25, -0.2) is 4.79 Å². The number of esters is 1. The summed E-state index contributed by atoms with van der Waals surface area (Å²) in [4.78, 5) is 25.0. The van der Waals surface area contributed by atoms with Gasteiger partial charge in [0.2, 0.25) is 12.6 Å². The van der Waals surface area contributed by atoms with Gasteiger partial charge in [0, 0.05) is 28.7 Å². The van der Waals surface area contributed by atoms with Crippen LogP contribution in [0.15, 0.2) is 48.5 Å². The fraction of sp³-hybridized carbons (Fsp3) is 0.217. The quantitative estimate of drug-likeness (QED) is 0.456. The molecule has 7 nitrogen and oxygen atoms in total. The molecule has 0 fully saturated rings. The summed E-state index contributed by atoms with van der Waals surface area (Å²) < 4.78 is 23.1. The van der Waals surface area contributed by atoms with Crippen molar-refractivity contribution in [1.82, 2.24) is 4.57 Å². The number of carbonyl (C=O) groups is 2. The fourth-order valence-electron chi connectivity index (χ4n) is 3.51.